The summed E-state index contributed by atoms with van der Waals surface area (Å²) in [6.07, 6.45) is 3.33. The van der Waals surface area contributed by atoms with Crippen LogP contribution in [0, 0.1) is 0 Å². The molecule has 1 heterocycles. The van der Waals surface area contributed by atoms with Crippen LogP contribution in [-0.4, -0.2) is 34.5 Å². The first-order chi connectivity index (χ1) is 12.6. The normalized spacial score (nSPS) is 10.1. The maximum absolute atomic E-state index is 12.9. The molecule has 0 atom stereocenters. The molecule has 0 aliphatic rings. The number of anilines is 1. The van der Waals surface area contributed by atoms with Crippen molar-refractivity contribution < 1.29 is 9.59 Å². The van der Waals surface area contributed by atoms with Crippen molar-refractivity contribution in [3.05, 3.63) is 77.1 Å². The molecule has 2 aromatic carbocycles. The molecule has 0 saturated heterocycles. The highest BCUT2D eigenvalue weighted by molar-refractivity contribution is 7.99. The van der Waals surface area contributed by atoms with Gasteiger partial charge in [-0.1, -0.05) is 53.7 Å². The van der Waals surface area contributed by atoms with Gasteiger partial charge >= 0.3 is 0 Å². The molecule has 27 heavy (non-hydrogen) atoms. The maximum Gasteiger partial charge on any atom is 0.237 e. The largest absolute Gasteiger partial charge is 0.340 e. The summed E-state index contributed by atoms with van der Waals surface area (Å²) >= 11 is 7.39. The first kappa shape index (κ1) is 21.0. The van der Waals surface area contributed by atoms with Gasteiger partial charge in [0.2, 0.25) is 5.91 Å². The lowest BCUT2D eigenvalue weighted by molar-refractivity contribution is -0.115. The average molecular weight is 422 g/mol. The monoisotopic (exact) mass is 421 g/mol. The highest BCUT2D eigenvalue weighted by Crippen LogP contribution is 2.27. The Morgan fingerprint density at radius 2 is 1.93 bits per heavy atom. The third-order valence-electron chi connectivity index (χ3n) is 3.78. The van der Waals surface area contributed by atoms with Crippen LogP contribution in [0.25, 0.3) is 0 Å². The fourth-order valence-electron chi connectivity index (χ4n) is 2.42. The lowest BCUT2D eigenvalue weighted by atomic mass is 10.0. The molecule has 0 bridgehead atoms. The molecule has 0 aliphatic carbocycles. The number of hydrogen-bond acceptors (Lipinski definition) is 4. The molecule has 5 nitrogen and oxygen atoms in total. The lowest BCUT2D eigenvalue weighted by Crippen LogP contribution is -2.29. The number of carbonyl (C=O) groups excluding carboxylic acids is 2. The molecular formula is C19H17Cl2N3O2S. The van der Waals surface area contributed by atoms with E-state index in [4.69, 9.17) is 11.6 Å². The van der Waals surface area contributed by atoms with Crippen LogP contribution in [0.2, 0.25) is 5.02 Å². The van der Waals surface area contributed by atoms with Gasteiger partial charge in [0.05, 0.1) is 11.4 Å². The summed E-state index contributed by atoms with van der Waals surface area (Å²) in [6.45, 7) is 0. The van der Waals surface area contributed by atoms with Gasteiger partial charge in [-0.05, 0) is 18.2 Å². The third kappa shape index (κ3) is 5.13. The highest BCUT2D eigenvalue weighted by atomic mass is 35.5. The highest BCUT2D eigenvalue weighted by Gasteiger charge is 2.20. The number of thioether (sulfide) groups is 1. The van der Waals surface area contributed by atoms with E-state index in [2.05, 4.69) is 9.97 Å². The fraction of sp³-hybridized carbons (Fsp3) is 0.105. The van der Waals surface area contributed by atoms with Crippen molar-refractivity contribution in [2.24, 2.45) is 0 Å². The molecule has 1 N–H and O–H groups in total. The molecule has 0 fully saturated rings. The summed E-state index contributed by atoms with van der Waals surface area (Å²) in [5.74, 6) is -0.122. The van der Waals surface area contributed by atoms with Crippen LogP contribution < -0.4 is 4.90 Å². The number of imidazole rings is 1. The molecule has 0 radical (unpaired) electrons. The molecule has 3 rings (SSSR count). The van der Waals surface area contributed by atoms with Gasteiger partial charge < -0.3 is 9.88 Å². The number of nitrogens with zero attached hydrogens (tertiary/aromatic N) is 2. The minimum Gasteiger partial charge on any atom is -0.340 e. The van der Waals surface area contributed by atoms with E-state index in [1.807, 2.05) is 6.07 Å². The molecule has 140 valence electrons. The Morgan fingerprint density at radius 1 is 1.19 bits per heavy atom. The summed E-state index contributed by atoms with van der Waals surface area (Å²) in [6, 6.07) is 13.9. The number of nitrogens with one attached hydrogen (secondary N) is 1. The number of ketones is 1. The Morgan fingerprint density at radius 3 is 2.59 bits per heavy atom. The molecule has 8 heteroatoms. The number of benzene rings is 2. The Hall–Kier alpha value is -2.28. The van der Waals surface area contributed by atoms with E-state index in [0.29, 0.717) is 27.0 Å². The van der Waals surface area contributed by atoms with E-state index >= 15 is 0 Å². The summed E-state index contributed by atoms with van der Waals surface area (Å²) in [4.78, 5) is 33.9. The zero-order chi connectivity index (χ0) is 18.5. The van der Waals surface area contributed by atoms with Crippen LogP contribution in [0.1, 0.15) is 15.9 Å². The number of hydrogen-bond donors (Lipinski definition) is 1. The number of H-pyrrole nitrogens is 1. The van der Waals surface area contributed by atoms with Crippen molar-refractivity contribution in [3.8, 4) is 0 Å². The van der Waals surface area contributed by atoms with Gasteiger partial charge in [0.15, 0.2) is 10.9 Å². The molecule has 0 unspecified atom stereocenters. The van der Waals surface area contributed by atoms with Gasteiger partial charge in [0.1, 0.15) is 0 Å². The lowest BCUT2D eigenvalue weighted by Gasteiger charge is -2.20. The molecule has 0 spiro atoms. The van der Waals surface area contributed by atoms with Crippen LogP contribution in [-0.2, 0) is 4.79 Å². The standard InChI is InChI=1S/C19H16ClN3O2S.ClH/c1-23(17(24)12-26-19-21-9-10-22-19)16-8-7-14(20)11-15(16)18(25)13-5-3-2-4-6-13;/h2-11H,12H2,1H3,(H,21,22);1H. The summed E-state index contributed by atoms with van der Waals surface area (Å²) < 4.78 is 0. The quantitative estimate of drug-likeness (QED) is 0.470. The minimum atomic E-state index is -0.179. The molecular weight excluding hydrogens is 405 g/mol. The predicted molar refractivity (Wildman–Crippen MR) is 111 cm³/mol. The second kappa shape index (κ2) is 9.60. The van der Waals surface area contributed by atoms with E-state index in [-0.39, 0.29) is 29.9 Å². The first-order valence-corrected chi connectivity index (χ1v) is 9.20. The number of amides is 1. The number of aromatic amines is 1. The number of aromatic nitrogens is 2. The second-order valence-electron chi connectivity index (χ2n) is 5.49. The van der Waals surface area contributed by atoms with Crippen molar-refractivity contribution in [2.75, 3.05) is 17.7 Å². The summed E-state index contributed by atoms with van der Waals surface area (Å²) in [7, 11) is 1.65. The Kier molecular flexibility index (Phi) is 7.47. The maximum atomic E-state index is 12.9. The van der Waals surface area contributed by atoms with Crippen molar-refractivity contribution in [3.63, 3.8) is 0 Å². The van der Waals surface area contributed by atoms with Crippen LogP contribution in [0.15, 0.2) is 66.1 Å². The third-order valence-corrected chi connectivity index (χ3v) is 4.90. The zero-order valence-electron chi connectivity index (χ0n) is 14.4. The van der Waals surface area contributed by atoms with Crippen molar-refractivity contribution in [1.82, 2.24) is 9.97 Å². The number of rotatable bonds is 6. The van der Waals surface area contributed by atoms with Crippen molar-refractivity contribution >= 4 is 53.1 Å². The summed E-state index contributed by atoms with van der Waals surface area (Å²) in [5.41, 5.74) is 1.46. The molecule has 0 saturated carbocycles. The van der Waals surface area contributed by atoms with Crippen LogP contribution in [0.3, 0.4) is 0 Å². The Bertz CT molecular complexity index is 918. The van der Waals surface area contributed by atoms with Gasteiger partial charge in [-0.15, -0.1) is 12.4 Å². The molecule has 1 aromatic heterocycles. The van der Waals surface area contributed by atoms with Crippen LogP contribution in [0.4, 0.5) is 5.69 Å². The average Bonchev–Trinajstić information content (AvgIpc) is 3.19. The number of halogens is 2. The minimum absolute atomic E-state index is 0. The molecule has 0 aliphatic heterocycles. The fourth-order valence-corrected chi connectivity index (χ4v) is 3.33. The predicted octanol–water partition coefficient (Wildman–Crippen LogP) is 4.47. The van der Waals surface area contributed by atoms with Gasteiger partial charge in [0.25, 0.3) is 0 Å². The summed E-state index contributed by atoms with van der Waals surface area (Å²) in [5, 5.41) is 1.11. The van der Waals surface area contributed by atoms with E-state index in [9.17, 15) is 9.59 Å². The van der Waals surface area contributed by atoms with Crippen molar-refractivity contribution in [1.29, 1.82) is 0 Å². The topological polar surface area (TPSA) is 66.1 Å². The molecule has 3 aromatic rings. The van der Waals surface area contributed by atoms with Gasteiger partial charge in [0, 0.05) is 35.6 Å². The van der Waals surface area contributed by atoms with Gasteiger partial charge in [-0.2, -0.15) is 0 Å². The van der Waals surface area contributed by atoms with E-state index < -0.39 is 0 Å². The zero-order valence-corrected chi connectivity index (χ0v) is 16.8. The van der Waals surface area contributed by atoms with Crippen LogP contribution in [0.5, 0.6) is 0 Å². The smallest absolute Gasteiger partial charge is 0.237 e. The van der Waals surface area contributed by atoms with Gasteiger partial charge in [-0.3, -0.25) is 9.59 Å². The van der Waals surface area contributed by atoms with Crippen molar-refractivity contribution in [2.45, 2.75) is 5.16 Å². The Labute approximate surface area is 172 Å². The van der Waals surface area contributed by atoms with E-state index in [1.54, 1.807) is 61.9 Å². The Balaban J connectivity index is 0.00000261. The van der Waals surface area contributed by atoms with Gasteiger partial charge in [-0.25, -0.2) is 4.98 Å². The molecule has 1 amide bonds. The second-order valence-corrected chi connectivity index (χ2v) is 6.89. The van der Waals surface area contributed by atoms with E-state index in [1.165, 1.54) is 16.7 Å². The van der Waals surface area contributed by atoms with E-state index in [0.717, 1.165) is 0 Å². The number of carbonyl (C=O) groups is 2. The SMILES string of the molecule is CN(C(=O)CSc1ncc[nH]1)c1ccc(Cl)cc1C(=O)c1ccccc1.Cl. The van der Waals surface area contributed by atoms with Crippen LogP contribution >= 0.6 is 35.8 Å². The first-order valence-electron chi connectivity index (χ1n) is 7.84.